The van der Waals surface area contributed by atoms with Gasteiger partial charge in [0.05, 0.1) is 0 Å². The van der Waals surface area contributed by atoms with Crippen LogP contribution in [0.1, 0.15) is 25.8 Å². The lowest BCUT2D eigenvalue weighted by molar-refractivity contribution is -0.129. The summed E-state index contributed by atoms with van der Waals surface area (Å²) < 4.78 is 0. The fourth-order valence-corrected chi connectivity index (χ4v) is 1.39. The summed E-state index contributed by atoms with van der Waals surface area (Å²) in [6.45, 7) is 5.08. The van der Waals surface area contributed by atoms with Gasteiger partial charge in [-0.05, 0) is 11.5 Å². The highest BCUT2D eigenvalue weighted by molar-refractivity contribution is 5.96. The molecule has 0 saturated heterocycles. The number of benzene rings is 1. The van der Waals surface area contributed by atoms with E-state index in [2.05, 4.69) is 10.6 Å². The van der Waals surface area contributed by atoms with Crippen LogP contribution in [0.3, 0.4) is 0 Å². The summed E-state index contributed by atoms with van der Waals surface area (Å²) in [6.07, 6.45) is -0.112. The van der Waals surface area contributed by atoms with Crippen molar-refractivity contribution in [2.24, 2.45) is 5.92 Å². The van der Waals surface area contributed by atoms with E-state index in [1.165, 1.54) is 0 Å². The Hall–Kier alpha value is -1.84. The predicted octanol–water partition coefficient (Wildman–Crippen LogP) is 1.47. The van der Waals surface area contributed by atoms with Crippen molar-refractivity contribution in [2.45, 2.75) is 26.8 Å². The molecule has 0 aromatic heterocycles. The summed E-state index contributed by atoms with van der Waals surface area (Å²) in [6, 6.07) is 9.61. The first-order valence-electron chi connectivity index (χ1n) is 6.15. The van der Waals surface area contributed by atoms with Crippen molar-refractivity contribution in [3.8, 4) is 0 Å². The number of hydrogen-bond donors (Lipinski definition) is 2. The maximum Gasteiger partial charge on any atom is 0.229 e. The Morgan fingerprint density at radius 1 is 1.06 bits per heavy atom. The van der Waals surface area contributed by atoms with E-state index in [9.17, 15) is 9.59 Å². The summed E-state index contributed by atoms with van der Waals surface area (Å²) in [4.78, 5) is 22.9. The topological polar surface area (TPSA) is 58.2 Å². The summed E-state index contributed by atoms with van der Waals surface area (Å²) in [7, 11) is 0. The number of rotatable bonds is 6. The molecule has 2 N–H and O–H groups in total. The zero-order valence-corrected chi connectivity index (χ0v) is 10.9. The van der Waals surface area contributed by atoms with Crippen LogP contribution < -0.4 is 10.6 Å². The second-order valence-corrected chi connectivity index (χ2v) is 4.64. The molecule has 0 saturated carbocycles. The van der Waals surface area contributed by atoms with Crippen molar-refractivity contribution >= 4 is 11.8 Å². The molecule has 0 aliphatic rings. The van der Waals surface area contributed by atoms with E-state index < -0.39 is 0 Å². The zero-order valence-electron chi connectivity index (χ0n) is 10.9. The van der Waals surface area contributed by atoms with Crippen molar-refractivity contribution in [3.05, 3.63) is 35.9 Å². The minimum Gasteiger partial charge on any atom is -0.355 e. The van der Waals surface area contributed by atoms with Gasteiger partial charge in [0, 0.05) is 13.1 Å². The van der Waals surface area contributed by atoms with Crippen LogP contribution in [0.5, 0.6) is 0 Å². The molecule has 0 unspecified atom stereocenters. The second-order valence-electron chi connectivity index (χ2n) is 4.64. The number of carbonyl (C=O) groups excluding carboxylic acids is 2. The average molecular weight is 248 g/mol. The molecule has 0 aliphatic heterocycles. The zero-order chi connectivity index (χ0) is 13.4. The third-order valence-corrected chi connectivity index (χ3v) is 2.36. The van der Waals surface area contributed by atoms with E-state index in [1.807, 2.05) is 44.2 Å². The predicted molar refractivity (Wildman–Crippen MR) is 70.8 cm³/mol. The number of nitrogens with one attached hydrogen (secondary N) is 2. The highest BCUT2D eigenvalue weighted by Crippen LogP contribution is 1.97. The highest BCUT2D eigenvalue weighted by atomic mass is 16.2. The standard InChI is InChI=1S/C14H20N2O2/c1-11(2)9-15-13(17)8-14(18)16-10-12-6-4-3-5-7-12/h3-7,11H,8-10H2,1-2H3,(H,15,17)(H,16,18). The Morgan fingerprint density at radius 2 is 1.67 bits per heavy atom. The van der Waals surface area contributed by atoms with Crippen LogP contribution in [-0.2, 0) is 16.1 Å². The highest BCUT2D eigenvalue weighted by Gasteiger charge is 2.08. The van der Waals surface area contributed by atoms with Gasteiger partial charge in [0.15, 0.2) is 0 Å². The Labute approximate surface area is 108 Å². The van der Waals surface area contributed by atoms with Gasteiger partial charge < -0.3 is 10.6 Å². The lowest BCUT2D eigenvalue weighted by Gasteiger charge is -2.08. The van der Waals surface area contributed by atoms with Crippen LogP contribution in [0.4, 0.5) is 0 Å². The van der Waals surface area contributed by atoms with Crippen LogP contribution in [0, 0.1) is 5.92 Å². The van der Waals surface area contributed by atoms with Crippen LogP contribution in [0.25, 0.3) is 0 Å². The van der Waals surface area contributed by atoms with Gasteiger partial charge in [0.25, 0.3) is 0 Å². The number of amides is 2. The molecule has 1 aromatic carbocycles. The lowest BCUT2D eigenvalue weighted by Crippen LogP contribution is -2.33. The molecule has 0 fully saturated rings. The first kappa shape index (κ1) is 14.2. The largest absolute Gasteiger partial charge is 0.355 e. The van der Waals surface area contributed by atoms with Crippen molar-refractivity contribution in [3.63, 3.8) is 0 Å². The van der Waals surface area contributed by atoms with Crippen molar-refractivity contribution in [1.82, 2.24) is 10.6 Å². The van der Waals surface area contributed by atoms with Crippen molar-refractivity contribution in [2.75, 3.05) is 6.54 Å². The van der Waals surface area contributed by atoms with E-state index in [-0.39, 0.29) is 18.2 Å². The molecule has 1 rings (SSSR count). The average Bonchev–Trinajstić information content (AvgIpc) is 2.35. The molecule has 4 nitrogen and oxygen atoms in total. The monoisotopic (exact) mass is 248 g/mol. The van der Waals surface area contributed by atoms with E-state index in [4.69, 9.17) is 0 Å². The quantitative estimate of drug-likeness (QED) is 0.749. The van der Waals surface area contributed by atoms with Crippen LogP contribution in [0.15, 0.2) is 30.3 Å². The fraction of sp³-hybridized carbons (Fsp3) is 0.429. The fourth-order valence-electron chi connectivity index (χ4n) is 1.39. The third kappa shape index (κ3) is 6.03. The van der Waals surface area contributed by atoms with Crippen molar-refractivity contribution in [1.29, 1.82) is 0 Å². The van der Waals surface area contributed by atoms with Crippen LogP contribution in [0.2, 0.25) is 0 Å². The van der Waals surface area contributed by atoms with Crippen LogP contribution >= 0.6 is 0 Å². The molecule has 4 heteroatoms. The maximum absolute atomic E-state index is 11.5. The van der Waals surface area contributed by atoms with Gasteiger partial charge in [-0.1, -0.05) is 44.2 Å². The Kier molecular flexibility index (Phi) is 5.91. The molecule has 0 bridgehead atoms. The molecular formula is C14H20N2O2. The molecule has 0 heterocycles. The van der Waals surface area contributed by atoms with E-state index >= 15 is 0 Å². The third-order valence-electron chi connectivity index (χ3n) is 2.36. The summed E-state index contributed by atoms with van der Waals surface area (Å²) in [5, 5.41) is 5.43. The Bertz CT molecular complexity index is 388. The smallest absolute Gasteiger partial charge is 0.229 e. The SMILES string of the molecule is CC(C)CNC(=O)CC(=O)NCc1ccccc1. The molecule has 0 aliphatic carbocycles. The molecule has 0 spiro atoms. The van der Waals surface area contributed by atoms with E-state index in [0.717, 1.165) is 5.56 Å². The first-order chi connectivity index (χ1) is 8.58. The minimum atomic E-state index is -0.250. The van der Waals surface area contributed by atoms with E-state index in [0.29, 0.717) is 19.0 Å². The summed E-state index contributed by atoms with van der Waals surface area (Å²) >= 11 is 0. The summed E-state index contributed by atoms with van der Waals surface area (Å²) in [5.74, 6) is -0.0873. The number of carbonyl (C=O) groups is 2. The van der Waals surface area contributed by atoms with Gasteiger partial charge in [0.2, 0.25) is 11.8 Å². The van der Waals surface area contributed by atoms with E-state index in [1.54, 1.807) is 0 Å². The minimum absolute atomic E-state index is 0.112. The van der Waals surface area contributed by atoms with Gasteiger partial charge in [0.1, 0.15) is 6.42 Å². The number of hydrogen-bond acceptors (Lipinski definition) is 2. The normalized spacial score (nSPS) is 10.2. The molecule has 0 radical (unpaired) electrons. The Morgan fingerprint density at radius 3 is 2.28 bits per heavy atom. The van der Waals surface area contributed by atoms with Gasteiger partial charge in [-0.25, -0.2) is 0 Å². The molecule has 98 valence electrons. The lowest BCUT2D eigenvalue weighted by atomic mass is 10.2. The van der Waals surface area contributed by atoms with Crippen LogP contribution in [-0.4, -0.2) is 18.4 Å². The van der Waals surface area contributed by atoms with Gasteiger partial charge in [-0.3, -0.25) is 9.59 Å². The molecule has 1 aromatic rings. The molecule has 18 heavy (non-hydrogen) atoms. The van der Waals surface area contributed by atoms with Gasteiger partial charge >= 0.3 is 0 Å². The van der Waals surface area contributed by atoms with Gasteiger partial charge in [-0.15, -0.1) is 0 Å². The molecule has 0 atom stereocenters. The van der Waals surface area contributed by atoms with Crippen molar-refractivity contribution < 1.29 is 9.59 Å². The maximum atomic E-state index is 11.5. The Balaban J connectivity index is 2.23. The first-order valence-corrected chi connectivity index (χ1v) is 6.15. The van der Waals surface area contributed by atoms with Gasteiger partial charge in [-0.2, -0.15) is 0 Å². The summed E-state index contributed by atoms with van der Waals surface area (Å²) in [5.41, 5.74) is 1.02. The molecular weight excluding hydrogens is 228 g/mol. The molecule has 2 amide bonds. The second kappa shape index (κ2) is 7.48.